The lowest BCUT2D eigenvalue weighted by Gasteiger charge is -2.50. The number of piperidine rings is 2. The van der Waals surface area contributed by atoms with Gasteiger partial charge in [-0.1, -0.05) is 0 Å². The highest BCUT2D eigenvalue weighted by Gasteiger charge is 2.43. The van der Waals surface area contributed by atoms with Crippen LogP contribution in [-0.4, -0.2) is 74.9 Å². The zero-order valence-corrected chi connectivity index (χ0v) is 20.0. The maximum Gasteiger partial charge on any atom is 0.242 e. The molecule has 6 rings (SSSR count). The molecule has 3 fully saturated rings. The van der Waals surface area contributed by atoms with E-state index in [-0.39, 0.29) is 30.1 Å². The van der Waals surface area contributed by atoms with Gasteiger partial charge in [-0.2, -0.15) is 10.1 Å². The van der Waals surface area contributed by atoms with Crippen molar-refractivity contribution >= 4 is 45.0 Å². The largest absolute Gasteiger partial charge is 0.378 e. The third-order valence-corrected chi connectivity index (χ3v) is 7.87. The fraction of sp³-hybridized carbons (Fsp3) is 0.565. The van der Waals surface area contributed by atoms with Crippen LogP contribution in [0.25, 0.3) is 10.2 Å². The normalized spacial score (nSPS) is 27.0. The molecule has 4 atom stereocenters. The fourth-order valence-electron chi connectivity index (χ4n) is 5.56. The SMILES string of the molecule is Cc1cc(Nc2nc(NC3C[C@H]4CCC[C@@H](C3)N4C(=O)[C@H]3COCCN3)nc3sccc23)n[nH]1. The molecule has 3 aromatic heterocycles. The summed E-state index contributed by atoms with van der Waals surface area (Å²) in [5.74, 6) is 2.30. The number of aromatic nitrogens is 4. The Balaban J connectivity index is 1.19. The van der Waals surface area contributed by atoms with Gasteiger partial charge in [0.2, 0.25) is 11.9 Å². The third-order valence-electron chi connectivity index (χ3n) is 7.06. The molecular formula is C23H30N8O2S. The smallest absolute Gasteiger partial charge is 0.242 e. The van der Waals surface area contributed by atoms with Gasteiger partial charge in [-0.15, -0.1) is 11.3 Å². The first-order chi connectivity index (χ1) is 16.6. The van der Waals surface area contributed by atoms with E-state index < -0.39 is 0 Å². The van der Waals surface area contributed by atoms with Gasteiger partial charge in [0, 0.05) is 36.4 Å². The number of nitrogens with one attached hydrogen (secondary N) is 4. The summed E-state index contributed by atoms with van der Waals surface area (Å²) in [5.41, 5.74) is 0.985. The fourth-order valence-corrected chi connectivity index (χ4v) is 6.33. The minimum absolute atomic E-state index is 0.199. The van der Waals surface area contributed by atoms with Crippen LogP contribution in [0.3, 0.4) is 0 Å². The van der Waals surface area contributed by atoms with Crippen LogP contribution in [0.4, 0.5) is 17.6 Å². The second-order valence-corrected chi connectivity index (χ2v) is 10.4. The van der Waals surface area contributed by atoms with Gasteiger partial charge in [0.15, 0.2) is 5.82 Å². The van der Waals surface area contributed by atoms with Crippen LogP contribution in [0.5, 0.6) is 0 Å². The summed E-state index contributed by atoms with van der Waals surface area (Å²) < 4.78 is 5.55. The second kappa shape index (κ2) is 9.12. The number of hydrogen-bond acceptors (Lipinski definition) is 9. The molecule has 3 aliphatic rings. The van der Waals surface area contributed by atoms with E-state index in [4.69, 9.17) is 14.7 Å². The van der Waals surface area contributed by atoms with Gasteiger partial charge >= 0.3 is 0 Å². The Bertz CT molecular complexity index is 1160. The molecule has 1 unspecified atom stereocenters. The maximum absolute atomic E-state index is 13.3. The standard InChI is InChI=1S/C23H30N8O2S/c1-13-9-19(30-29-13)26-20-17-5-8-34-21(17)28-23(27-20)25-14-10-15-3-2-4-16(11-14)31(15)22(32)18-12-33-7-6-24-18/h5,8-9,14-16,18,24H,2-4,6-7,10-12H2,1H3,(H3,25,26,27,28,29,30)/t14?,15-,16+,18-/m1/s1. The molecule has 0 saturated carbocycles. The molecule has 2 bridgehead atoms. The van der Waals surface area contributed by atoms with E-state index in [1.807, 2.05) is 24.4 Å². The molecule has 0 spiro atoms. The Morgan fingerprint density at radius 1 is 1.26 bits per heavy atom. The first-order valence-electron chi connectivity index (χ1n) is 12.1. The van der Waals surface area contributed by atoms with Crippen molar-refractivity contribution in [1.82, 2.24) is 30.4 Å². The molecule has 3 saturated heterocycles. The van der Waals surface area contributed by atoms with E-state index >= 15 is 0 Å². The van der Waals surface area contributed by atoms with Gasteiger partial charge in [0.25, 0.3) is 0 Å². The summed E-state index contributed by atoms with van der Waals surface area (Å²) in [6, 6.07) is 4.49. The Morgan fingerprint density at radius 2 is 2.12 bits per heavy atom. The first-order valence-corrected chi connectivity index (χ1v) is 13.0. The van der Waals surface area contributed by atoms with E-state index in [2.05, 4.69) is 31.0 Å². The summed E-state index contributed by atoms with van der Waals surface area (Å²) in [6.45, 7) is 3.85. The van der Waals surface area contributed by atoms with Crippen LogP contribution in [0.1, 0.15) is 37.8 Å². The quantitative estimate of drug-likeness (QED) is 0.438. The molecule has 6 heterocycles. The lowest BCUT2D eigenvalue weighted by Crippen LogP contribution is -2.62. The van der Waals surface area contributed by atoms with E-state index in [1.54, 1.807) is 11.3 Å². The number of thiophene rings is 1. The van der Waals surface area contributed by atoms with Gasteiger partial charge < -0.3 is 25.6 Å². The number of hydrogen-bond donors (Lipinski definition) is 4. The zero-order valence-electron chi connectivity index (χ0n) is 19.2. The summed E-state index contributed by atoms with van der Waals surface area (Å²) in [4.78, 5) is 26.0. The minimum Gasteiger partial charge on any atom is -0.378 e. The summed E-state index contributed by atoms with van der Waals surface area (Å²) in [6.07, 6.45) is 5.08. The van der Waals surface area contributed by atoms with Crippen LogP contribution in [-0.2, 0) is 9.53 Å². The van der Waals surface area contributed by atoms with Crippen LogP contribution >= 0.6 is 11.3 Å². The molecule has 34 heavy (non-hydrogen) atoms. The van der Waals surface area contributed by atoms with Gasteiger partial charge in [-0.25, -0.2) is 4.98 Å². The number of nitrogens with zero attached hydrogens (tertiary/aromatic N) is 4. The Labute approximate surface area is 201 Å². The van der Waals surface area contributed by atoms with Crippen LogP contribution in [0, 0.1) is 6.92 Å². The minimum atomic E-state index is -0.217. The number of fused-ring (bicyclic) bond motifs is 3. The number of carbonyl (C=O) groups is 1. The van der Waals surface area contributed by atoms with Crippen LogP contribution < -0.4 is 16.0 Å². The van der Waals surface area contributed by atoms with Gasteiger partial charge in [0.1, 0.15) is 16.7 Å². The van der Waals surface area contributed by atoms with Gasteiger partial charge in [-0.05, 0) is 50.5 Å². The predicted molar refractivity (Wildman–Crippen MR) is 132 cm³/mol. The molecule has 4 N–H and O–H groups in total. The van der Waals surface area contributed by atoms with Crippen LogP contribution in [0.15, 0.2) is 17.5 Å². The maximum atomic E-state index is 13.3. The number of morpholine rings is 1. The van der Waals surface area contributed by atoms with Crippen molar-refractivity contribution in [3.8, 4) is 0 Å². The summed E-state index contributed by atoms with van der Waals surface area (Å²) in [5, 5.41) is 20.5. The van der Waals surface area contributed by atoms with Crippen molar-refractivity contribution in [3.05, 3.63) is 23.2 Å². The van der Waals surface area contributed by atoms with E-state index in [9.17, 15) is 4.79 Å². The number of anilines is 3. The van der Waals surface area contributed by atoms with Crippen molar-refractivity contribution in [3.63, 3.8) is 0 Å². The molecule has 3 aromatic rings. The van der Waals surface area contributed by atoms with Crippen molar-refractivity contribution in [2.45, 2.75) is 63.2 Å². The number of aromatic amines is 1. The summed E-state index contributed by atoms with van der Waals surface area (Å²) in [7, 11) is 0. The second-order valence-electron chi connectivity index (χ2n) is 9.47. The predicted octanol–water partition coefficient (Wildman–Crippen LogP) is 2.78. The zero-order chi connectivity index (χ0) is 23.1. The number of aryl methyl sites for hydroxylation is 1. The molecule has 3 aliphatic heterocycles. The van der Waals surface area contributed by atoms with Gasteiger partial charge in [0.05, 0.1) is 18.6 Å². The molecule has 0 radical (unpaired) electrons. The first kappa shape index (κ1) is 21.8. The van der Waals surface area contributed by atoms with E-state index in [0.717, 1.165) is 59.8 Å². The average molecular weight is 483 g/mol. The number of amides is 1. The van der Waals surface area contributed by atoms with Crippen molar-refractivity contribution in [1.29, 1.82) is 0 Å². The number of rotatable bonds is 5. The number of H-pyrrole nitrogens is 1. The highest BCUT2D eigenvalue weighted by atomic mass is 32.1. The number of carbonyl (C=O) groups excluding carboxylic acids is 1. The molecule has 1 amide bonds. The molecule has 0 aromatic carbocycles. The van der Waals surface area contributed by atoms with Gasteiger partial charge in [-0.3, -0.25) is 9.89 Å². The third kappa shape index (κ3) is 4.23. The Morgan fingerprint density at radius 3 is 2.85 bits per heavy atom. The molecule has 0 aliphatic carbocycles. The topological polar surface area (TPSA) is 120 Å². The number of ether oxygens (including phenoxy) is 1. The molecule has 180 valence electrons. The van der Waals surface area contributed by atoms with E-state index in [0.29, 0.717) is 19.2 Å². The average Bonchev–Trinajstić information content (AvgIpc) is 3.47. The lowest BCUT2D eigenvalue weighted by molar-refractivity contribution is -0.146. The molecule has 10 nitrogen and oxygen atoms in total. The molecule has 11 heteroatoms. The van der Waals surface area contributed by atoms with Crippen molar-refractivity contribution < 1.29 is 9.53 Å². The van der Waals surface area contributed by atoms with Crippen LogP contribution in [0.2, 0.25) is 0 Å². The van der Waals surface area contributed by atoms with E-state index in [1.165, 1.54) is 6.42 Å². The summed E-state index contributed by atoms with van der Waals surface area (Å²) >= 11 is 1.60. The Hall–Kier alpha value is -2.76. The Kier molecular flexibility index (Phi) is 5.84. The lowest BCUT2D eigenvalue weighted by atomic mass is 9.81. The molecular weight excluding hydrogens is 452 g/mol. The highest BCUT2D eigenvalue weighted by Crippen LogP contribution is 2.36. The van der Waals surface area contributed by atoms with Crippen molar-refractivity contribution in [2.24, 2.45) is 0 Å². The van der Waals surface area contributed by atoms with Crippen molar-refractivity contribution in [2.75, 3.05) is 30.4 Å². The monoisotopic (exact) mass is 482 g/mol. The highest BCUT2D eigenvalue weighted by molar-refractivity contribution is 7.16.